The molecule has 0 aromatic heterocycles. The Morgan fingerprint density at radius 3 is 2.41 bits per heavy atom. The van der Waals surface area contributed by atoms with Crippen LogP contribution in [0.5, 0.6) is 5.75 Å². The van der Waals surface area contributed by atoms with Gasteiger partial charge in [0.25, 0.3) is 5.91 Å². The van der Waals surface area contributed by atoms with Crippen LogP contribution in [0, 0.1) is 5.92 Å². The molecule has 1 aliphatic rings. The highest BCUT2D eigenvalue weighted by Gasteiger charge is 2.35. The second-order valence-electron chi connectivity index (χ2n) is 6.14. The maximum Gasteiger partial charge on any atom is 0.254 e. The van der Waals surface area contributed by atoms with Gasteiger partial charge in [0, 0.05) is 18.2 Å². The van der Waals surface area contributed by atoms with Gasteiger partial charge in [-0.05, 0) is 36.6 Å². The Balaban J connectivity index is 2.22. The third-order valence-corrected chi connectivity index (χ3v) is 5.56. The standard InChI is InChI=1S/C16H23NO4S/c1-12(2)10-17(14-8-9-22(19,20)11-14)16(18)13-4-6-15(21-3)7-5-13/h4-7,12,14H,8-11H2,1-3H3/t14-/m0/s1. The fourth-order valence-electron chi connectivity index (χ4n) is 2.71. The minimum atomic E-state index is -3.02. The van der Waals surface area contributed by atoms with E-state index in [0.29, 0.717) is 24.3 Å². The molecule has 1 fully saturated rings. The summed E-state index contributed by atoms with van der Waals surface area (Å²) in [6.07, 6.45) is 0.525. The average molecular weight is 325 g/mol. The molecule has 2 rings (SSSR count). The second-order valence-corrected chi connectivity index (χ2v) is 8.37. The Kier molecular flexibility index (Phi) is 5.11. The molecule has 1 heterocycles. The number of rotatable bonds is 5. The van der Waals surface area contributed by atoms with E-state index in [9.17, 15) is 13.2 Å². The van der Waals surface area contributed by atoms with Gasteiger partial charge >= 0.3 is 0 Å². The van der Waals surface area contributed by atoms with Crippen molar-refractivity contribution in [1.82, 2.24) is 4.90 Å². The summed E-state index contributed by atoms with van der Waals surface area (Å²) < 4.78 is 28.5. The zero-order chi connectivity index (χ0) is 16.3. The van der Waals surface area contributed by atoms with Crippen LogP contribution in [0.1, 0.15) is 30.6 Å². The van der Waals surface area contributed by atoms with Gasteiger partial charge in [-0.1, -0.05) is 13.8 Å². The third-order valence-electron chi connectivity index (χ3n) is 3.81. The van der Waals surface area contributed by atoms with Crippen LogP contribution in [0.3, 0.4) is 0 Å². The topological polar surface area (TPSA) is 63.7 Å². The van der Waals surface area contributed by atoms with Crippen molar-refractivity contribution in [3.05, 3.63) is 29.8 Å². The summed E-state index contributed by atoms with van der Waals surface area (Å²) in [7, 11) is -1.44. The van der Waals surface area contributed by atoms with E-state index >= 15 is 0 Å². The quantitative estimate of drug-likeness (QED) is 0.830. The number of hydrogen-bond acceptors (Lipinski definition) is 4. The Bertz CT molecular complexity index is 622. The van der Waals surface area contributed by atoms with Crippen molar-refractivity contribution in [2.75, 3.05) is 25.2 Å². The minimum absolute atomic E-state index is 0.0710. The van der Waals surface area contributed by atoms with Crippen molar-refractivity contribution in [1.29, 1.82) is 0 Å². The van der Waals surface area contributed by atoms with Crippen molar-refractivity contribution < 1.29 is 17.9 Å². The molecule has 1 aromatic carbocycles. The van der Waals surface area contributed by atoms with Gasteiger partial charge in [-0.2, -0.15) is 0 Å². The molecule has 0 unspecified atom stereocenters. The fraction of sp³-hybridized carbons (Fsp3) is 0.562. The van der Waals surface area contributed by atoms with Crippen molar-refractivity contribution in [3.63, 3.8) is 0 Å². The molecular weight excluding hydrogens is 302 g/mol. The van der Waals surface area contributed by atoms with Gasteiger partial charge in [0.2, 0.25) is 0 Å². The molecule has 0 N–H and O–H groups in total. The first-order chi connectivity index (χ1) is 10.3. The molecule has 22 heavy (non-hydrogen) atoms. The minimum Gasteiger partial charge on any atom is -0.497 e. The normalized spacial score (nSPS) is 20.1. The summed E-state index contributed by atoms with van der Waals surface area (Å²) >= 11 is 0. The number of carbonyl (C=O) groups excluding carboxylic acids is 1. The van der Waals surface area contributed by atoms with Crippen LogP contribution in [0.25, 0.3) is 0 Å². The summed E-state index contributed by atoms with van der Waals surface area (Å²) in [6.45, 7) is 4.61. The van der Waals surface area contributed by atoms with Crippen LogP contribution in [0.2, 0.25) is 0 Å². The molecule has 6 heteroatoms. The molecule has 0 bridgehead atoms. The van der Waals surface area contributed by atoms with Gasteiger partial charge < -0.3 is 9.64 Å². The van der Waals surface area contributed by atoms with Crippen molar-refractivity contribution >= 4 is 15.7 Å². The predicted octanol–water partition coefficient (Wildman–Crippen LogP) is 1.98. The van der Waals surface area contributed by atoms with E-state index in [1.165, 1.54) is 0 Å². The van der Waals surface area contributed by atoms with E-state index in [4.69, 9.17) is 4.74 Å². The first-order valence-corrected chi connectivity index (χ1v) is 9.30. The SMILES string of the molecule is COc1ccc(C(=O)N(CC(C)C)[C@H]2CCS(=O)(=O)C2)cc1. The Labute approximate surface area is 132 Å². The van der Waals surface area contributed by atoms with Crippen molar-refractivity contribution in [3.8, 4) is 5.75 Å². The van der Waals surface area contributed by atoms with Gasteiger partial charge in [0.1, 0.15) is 5.75 Å². The Morgan fingerprint density at radius 1 is 1.32 bits per heavy atom. The molecule has 0 radical (unpaired) electrons. The molecule has 5 nitrogen and oxygen atoms in total. The lowest BCUT2D eigenvalue weighted by Crippen LogP contribution is -2.43. The molecular formula is C16H23NO4S. The number of carbonyl (C=O) groups is 1. The summed E-state index contributed by atoms with van der Waals surface area (Å²) in [5, 5.41) is 0. The highest BCUT2D eigenvalue weighted by molar-refractivity contribution is 7.91. The van der Waals surface area contributed by atoms with Crippen LogP contribution in [0.4, 0.5) is 0 Å². The molecule has 1 aliphatic heterocycles. The first kappa shape index (κ1) is 16.8. The molecule has 122 valence electrons. The molecule has 0 saturated carbocycles. The Morgan fingerprint density at radius 2 is 1.95 bits per heavy atom. The van der Waals surface area contributed by atoms with Crippen molar-refractivity contribution in [2.24, 2.45) is 5.92 Å². The highest BCUT2D eigenvalue weighted by atomic mass is 32.2. The number of nitrogens with zero attached hydrogens (tertiary/aromatic N) is 1. The molecule has 0 spiro atoms. The maximum atomic E-state index is 12.8. The van der Waals surface area contributed by atoms with Gasteiger partial charge in [-0.15, -0.1) is 0 Å². The summed E-state index contributed by atoms with van der Waals surface area (Å²) in [4.78, 5) is 14.5. The zero-order valence-electron chi connectivity index (χ0n) is 13.3. The third kappa shape index (κ3) is 4.00. The van der Waals surface area contributed by atoms with Crippen molar-refractivity contribution in [2.45, 2.75) is 26.3 Å². The molecule has 1 saturated heterocycles. The van der Waals surface area contributed by atoms with Crippen LogP contribution in [-0.4, -0.2) is 50.4 Å². The highest BCUT2D eigenvalue weighted by Crippen LogP contribution is 2.22. The van der Waals surface area contributed by atoms with Crippen LogP contribution < -0.4 is 4.74 Å². The van der Waals surface area contributed by atoms with E-state index in [2.05, 4.69) is 0 Å². The zero-order valence-corrected chi connectivity index (χ0v) is 14.1. The van der Waals surface area contributed by atoms with E-state index in [1.54, 1.807) is 36.3 Å². The summed E-state index contributed by atoms with van der Waals surface area (Å²) in [5.74, 6) is 1.10. The predicted molar refractivity (Wildman–Crippen MR) is 85.9 cm³/mol. The number of methoxy groups -OCH3 is 1. The largest absolute Gasteiger partial charge is 0.497 e. The lowest BCUT2D eigenvalue weighted by atomic mass is 10.1. The Hall–Kier alpha value is -1.56. The van der Waals surface area contributed by atoms with E-state index in [-0.39, 0.29) is 29.4 Å². The molecule has 1 aromatic rings. The lowest BCUT2D eigenvalue weighted by Gasteiger charge is -2.30. The number of sulfone groups is 1. The number of hydrogen-bond donors (Lipinski definition) is 0. The number of amides is 1. The van der Waals surface area contributed by atoms with Crippen LogP contribution >= 0.6 is 0 Å². The van der Waals surface area contributed by atoms with E-state index in [0.717, 1.165) is 0 Å². The van der Waals surface area contributed by atoms with Crippen LogP contribution in [-0.2, 0) is 9.84 Å². The number of ether oxygens (including phenoxy) is 1. The van der Waals surface area contributed by atoms with Gasteiger partial charge in [-0.25, -0.2) is 8.42 Å². The monoisotopic (exact) mass is 325 g/mol. The summed E-state index contributed by atoms with van der Waals surface area (Å²) in [5.41, 5.74) is 0.561. The van der Waals surface area contributed by atoms with Crippen LogP contribution in [0.15, 0.2) is 24.3 Å². The summed E-state index contributed by atoms with van der Waals surface area (Å²) in [6, 6.07) is 6.70. The first-order valence-electron chi connectivity index (χ1n) is 7.48. The molecule has 0 aliphatic carbocycles. The van der Waals surface area contributed by atoms with Gasteiger partial charge in [-0.3, -0.25) is 4.79 Å². The average Bonchev–Trinajstić information content (AvgIpc) is 2.84. The second kappa shape index (κ2) is 6.69. The number of benzene rings is 1. The van der Waals surface area contributed by atoms with Gasteiger partial charge in [0.15, 0.2) is 9.84 Å². The smallest absolute Gasteiger partial charge is 0.254 e. The van der Waals surface area contributed by atoms with E-state index < -0.39 is 9.84 Å². The van der Waals surface area contributed by atoms with E-state index in [1.807, 2.05) is 13.8 Å². The maximum absolute atomic E-state index is 12.8. The fourth-order valence-corrected chi connectivity index (χ4v) is 4.44. The van der Waals surface area contributed by atoms with Gasteiger partial charge in [0.05, 0.1) is 18.6 Å². The molecule has 1 atom stereocenters. The lowest BCUT2D eigenvalue weighted by molar-refractivity contribution is 0.0672. The molecule has 1 amide bonds.